The Morgan fingerprint density at radius 3 is 2.42 bits per heavy atom. The molecular formula is C16H25NO2. The van der Waals surface area contributed by atoms with Crippen LogP contribution >= 0.6 is 0 Å². The summed E-state index contributed by atoms with van der Waals surface area (Å²) in [6.07, 6.45) is 5.27. The lowest BCUT2D eigenvalue weighted by atomic mass is 9.83. The number of benzene rings is 1. The Morgan fingerprint density at radius 1 is 1.26 bits per heavy atom. The molecule has 3 heteroatoms. The van der Waals surface area contributed by atoms with Gasteiger partial charge in [-0.15, -0.1) is 0 Å². The number of rotatable bonds is 7. The first kappa shape index (κ1) is 14.4. The van der Waals surface area contributed by atoms with Gasteiger partial charge in [-0.1, -0.05) is 31.4 Å². The zero-order chi connectivity index (χ0) is 13.7. The second-order valence-corrected chi connectivity index (χ2v) is 5.51. The average Bonchev–Trinajstić information content (AvgIpc) is 2.36. The summed E-state index contributed by atoms with van der Waals surface area (Å²) < 4.78 is 11.2. The van der Waals surface area contributed by atoms with Gasteiger partial charge >= 0.3 is 0 Å². The fourth-order valence-corrected chi connectivity index (χ4v) is 2.49. The highest BCUT2D eigenvalue weighted by atomic mass is 16.5. The Morgan fingerprint density at radius 2 is 1.95 bits per heavy atom. The van der Waals surface area contributed by atoms with Crippen LogP contribution in [0, 0.1) is 5.92 Å². The molecule has 1 fully saturated rings. The second-order valence-electron chi connectivity index (χ2n) is 5.51. The maximum absolute atomic E-state index is 6.05. The molecule has 0 radical (unpaired) electrons. The van der Waals surface area contributed by atoms with Crippen molar-refractivity contribution in [3.63, 3.8) is 0 Å². The largest absolute Gasteiger partial charge is 0.497 e. The van der Waals surface area contributed by atoms with E-state index in [0.717, 1.165) is 23.8 Å². The summed E-state index contributed by atoms with van der Waals surface area (Å²) in [5.41, 5.74) is 7.18. The molecule has 1 saturated carbocycles. The molecule has 0 aromatic heterocycles. The van der Waals surface area contributed by atoms with Gasteiger partial charge < -0.3 is 15.2 Å². The van der Waals surface area contributed by atoms with Gasteiger partial charge in [-0.25, -0.2) is 0 Å². The van der Waals surface area contributed by atoms with E-state index in [1.165, 1.54) is 25.7 Å². The third kappa shape index (κ3) is 3.95. The lowest BCUT2D eigenvalue weighted by Crippen LogP contribution is -2.28. The van der Waals surface area contributed by atoms with Gasteiger partial charge in [-0.05, 0) is 37.0 Å². The highest BCUT2D eigenvalue weighted by Crippen LogP contribution is 2.30. The summed E-state index contributed by atoms with van der Waals surface area (Å²) in [5.74, 6) is 1.74. The first-order valence-corrected chi connectivity index (χ1v) is 7.22. The Labute approximate surface area is 116 Å². The van der Waals surface area contributed by atoms with Gasteiger partial charge in [-0.2, -0.15) is 0 Å². The molecule has 0 spiro atoms. The van der Waals surface area contributed by atoms with Crippen molar-refractivity contribution in [1.82, 2.24) is 0 Å². The molecule has 106 valence electrons. The molecule has 1 aliphatic rings. The minimum Gasteiger partial charge on any atom is -0.497 e. The Kier molecular flexibility index (Phi) is 5.23. The second kappa shape index (κ2) is 6.92. The van der Waals surface area contributed by atoms with Crippen LogP contribution in [-0.4, -0.2) is 19.8 Å². The molecule has 2 N–H and O–H groups in total. The van der Waals surface area contributed by atoms with Crippen molar-refractivity contribution >= 4 is 0 Å². The smallest absolute Gasteiger partial charge is 0.118 e. The molecule has 19 heavy (non-hydrogen) atoms. The van der Waals surface area contributed by atoms with Crippen molar-refractivity contribution < 1.29 is 9.47 Å². The van der Waals surface area contributed by atoms with Crippen LogP contribution in [0.1, 0.15) is 44.3 Å². The maximum Gasteiger partial charge on any atom is 0.118 e. The zero-order valence-electron chi connectivity index (χ0n) is 12.0. The molecule has 1 aliphatic carbocycles. The third-order valence-electron chi connectivity index (χ3n) is 3.97. The molecule has 0 heterocycles. The number of methoxy groups -OCH3 is 1. The van der Waals surface area contributed by atoms with E-state index in [-0.39, 0.29) is 12.1 Å². The van der Waals surface area contributed by atoms with E-state index < -0.39 is 0 Å². The highest BCUT2D eigenvalue weighted by molar-refractivity contribution is 5.29. The van der Waals surface area contributed by atoms with Crippen LogP contribution in [-0.2, 0) is 4.74 Å². The maximum atomic E-state index is 6.05. The lowest BCUT2D eigenvalue weighted by Gasteiger charge is -2.27. The van der Waals surface area contributed by atoms with Gasteiger partial charge in [0.25, 0.3) is 0 Å². The third-order valence-corrected chi connectivity index (χ3v) is 3.97. The molecule has 2 rings (SSSR count). The topological polar surface area (TPSA) is 44.5 Å². The normalized spacial score (nSPS) is 18.7. The van der Waals surface area contributed by atoms with Crippen molar-refractivity contribution in [1.29, 1.82) is 0 Å². The molecule has 0 bridgehead atoms. The van der Waals surface area contributed by atoms with Crippen LogP contribution in [0.3, 0.4) is 0 Å². The first-order chi connectivity index (χ1) is 9.20. The van der Waals surface area contributed by atoms with Gasteiger partial charge in [0.05, 0.1) is 13.2 Å². The molecule has 1 aromatic carbocycles. The van der Waals surface area contributed by atoms with E-state index in [1.54, 1.807) is 7.11 Å². The van der Waals surface area contributed by atoms with E-state index in [9.17, 15) is 0 Å². The molecule has 3 nitrogen and oxygen atoms in total. The quantitative estimate of drug-likeness (QED) is 0.821. The van der Waals surface area contributed by atoms with Gasteiger partial charge in [0, 0.05) is 12.6 Å². The molecule has 1 aromatic rings. The summed E-state index contributed by atoms with van der Waals surface area (Å²) in [5, 5.41) is 0. The van der Waals surface area contributed by atoms with E-state index >= 15 is 0 Å². The summed E-state index contributed by atoms with van der Waals surface area (Å²) in [7, 11) is 1.67. The Bertz CT molecular complexity index is 371. The Hall–Kier alpha value is -1.06. The van der Waals surface area contributed by atoms with Gasteiger partial charge in [0.15, 0.2) is 0 Å². The van der Waals surface area contributed by atoms with Crippen LogP contribution in [0.5, 0.6) is 5.75 Å². The molecular weight excluding hydrogens is 238 g/mol. The fourth-order valence-electron chi connectivity index (χ4n) is 2.49. The van der Waals surface area contributed by atoms with Crippen LogP contribution < -0.4 is 10.5 Å². The van der Waals surface area contributed by atoms with Gasteiger partial charge in [0.1, 0.15) is 5.75 Å². The predicted molar refractivity (Wildman–Crippen MR) is 77.3 cm³/mol. The van der Waals surface area contributed by atoms with Crippen molar-refractivity contribution in [3.8, 4) is 5.75 Å². The van der Waals surface area contributed by atoms with Crippen molar-refractivity contribution in [2.24, 2.45) is 11.7 Å². The minimum absolute atomic E-state index is 0.00483. The van der Waals surface area contributed by atoms with Gasteiger partial charge in [0.2, 0.25) is 0 Å². The van der Waals surface area contributed by atoms with Crippen LogP contribution in [0.2, 0.25) is 0 Å². The summed E-state index contributed by atoms with van der Waals surface area (Å²) in [4.78, 5) is 0. The molecule has 2 atom stereocenters. The first-order valence-electron chi connectivity index (χ1n) is 7.22. The average molecular weight is 263 g/mol. The van der Waals surface area contributed by atoms with Crippen LogP contribution in [0.4, 0.5) is 0 Å². The monoisotopic (exact) mass is 263 g/mol. The van der Waals surface area contributed by atoms with Crippen molar-refractivity contribution in [2.75, 3.05) is 13.7 Å². The Balaban J connectivity index is 1.89. The van der Waals surface area contributed by atoms with E-state index in [4.69, 9.17) is 15.2 Å². The zero-order valence-corrected chi connectivity index (χ0v) is 12.0. The summed E-state index contributed by atoms with van der Waals surface area (Å²) in [6.45, 7) is 2.81. The summed E-state index contributed by atoms with van der Waals surface area (Å²) >= 11 is 0. The van der Waals surface area contributed by atoms with Crippen LogP contribution in [0.25, 0.3) is 0 Å². The SMILES string of the molecule is COc1ccc(C(OCCC2CCC2)C(C)N)cc1. The lowest BCUT2D eigenvalue weighted by molar-refractivity contribution is 0.0245. The molecule has 0 amide bonds. The number of hydrogen-bond donors (Lipinski definition) is 1. The van der Waals surface area contributed by atoms with E-state index in [0.29, 0.717) is 0 Å². The fraction of sp³-hybridized carbons (Fsp3) is 0.625. The number of ether oxygens (including phenoxy) is 2. The highest BCUT2D eigenvalue weighted by Gasteiger charge is 2.20. The predicted octanol–water partition coefficient (Wildman–Crippen LogP) is 3.29. The molecule has 0 aliphatic heterocycles. The molecule has 0 saturated heterocycles. The van der Waals surface area contributed by atoms with E-state index in [2.05, 4.69) is 0 Å². The number of hydrogen-bond acceptors (Lipinski definition) is 3. The standard InChI is InChI=1S/C16H25NO2/c1-12(17)16(19-11-10-13-4-3-5-13)14-6-8-15(18-2)9-7-14/h6-9,12-13,16H,3-5,10-11,17H2,1-2H3. The summed E-state index contributed by atoms with van der Waals surface area (Å²) in [6, 6.07) is 7.99. The van der Waals surface area contributed by atoms with Crippen molar-refractivity contribution in [2.45, 2.75) is 44.8 Å². The number of nitrogens with two attached hydrogens (primary N) is 1. The van der Waals surface area contributed by atoms with E-state index in [1.807, 2.05) is 31.2 Å². The van der Waals surface area contributed by atoms with Crippen LogP contribution in [0.15, 0.2) is 24.3 Å². The van der Waals surface area contributed by atoms with Crippen molar-refractivity contribution in [3.05, 3.63) is 29.8 Å². The van der Waals surface area contributed by atoms with Gasteiger partial charge in [-0.3, -0.25) is 0 Å². The molecule has 2 unspecified atom stereocenters. The minimum atomic E-state index is -0.0222.